The summed E-state index contributed by atoms with van der Waals surface area (Å²) in [6, 6.07) is 12.0. The second-order valence-electron chi connectivity index (χ2n) is 6.05. The van der Waals surface area contributed by atoms with Crippen LogP contribution in [0.2, 0.25) is 0 Å². The van der Waals surface area contributed by atoms with Crippen molar-refractivity contribution in [3.8, 4) is 0 Å². The van der Waals surface area contributed by atoms with Gasteiger partial charge in [0, 0.05) is 31.9 Å². The molecule has 0 atom stereocenters. The number of nitrogens with one attached hydrogen (secondary N) is 1. The summed E-state index contributed by atoms with van der Waals surface area (Å²) in [5.74, 6) is -1.66. The molecule has 1 aliphatic rings. The predicted octanol–water partition coefficient (Wildman–Crippen LogP) is 2.64. The fourth-order valence-corrected chi connectivity index (χ4v) is 2.87. The van der Waals surface area contributed by atoms with Crippen LogP contribution >= 0.6 is 0 Å². The van der Waals surface area contributed by atoms with Gasteiger partial charge >= 0.3 is 0 Å². The first-order chi connectivity index (χ1) is 12.5. The van der Waals surface area contributed by atoms with Gasteiger partial charge in [0.05, 0.1) is 5.69 Å². The van der Waals surface area contributed by atoms with E-state index in [4.69, 9.17) is 0 Å². The highest BCUT2D eigenvalue weighted by Crippen LogP contribution is 2.17. The van der Waals surface area contributed by atoms with Gasteiger partial charge in [0.25, 0.3) is 0 Å². The summed E-state index contributed by atoms with van der Waals surface area (Å²) in [5, 5.41) is 2.41. The average molecular weight is 359 g/mol. The van der Waals surface area contributed by atoms with Gasteiger partial charge in [-0.3, -0.25) is 9.59 Å². The van der Waals surface area contributed by atoms with Crippen LogP contribution in [0.4, 0.5) is 20.2 Å². The van der Waals surface area contributed by atoms with Crippen LogP contribution in [0.15, 0.2) is 48.5 Å². The summed E-state index contributed by atoms with van der Waals surface area (Å²) >= 11 is 0. The maximum Gasteiger partial charge on any atom is 0.233 e. The number of carbonyl (C=O) groups excluding carboxylic acids is 2. The topological polar surface area (TPSA) is 52.7 Å². The fourth-order valence-electron chi connectivity index (χ4n) is 2.87. The predicted molar refractivity (Wildman–Crippen MR) is 94.8 cm³/mol. The largest absolute Gasteiger partial charge is 0.368 e. The third kappa shape index (κ3) is 4.36. The molecule has 0 unspecified atom stereocenters. The second kappa shape index (κ2) is 7.95. The van der Waals surface area contributed by atoms with Crippen molar-refractivity contribution in [2.45, 2.75) is 6.42 Å². The van der Waals surface area contributed by atoms with Crippen LogP contribution < -0.4 is 10.2 Å². The minimum Gasteiger partial charge on any atom is -0.368 e. The Hall–Kier alpha value is -2.96. The van der Waals surface area contributed by atoms with Gasteiger partial charge in [0.1, 0.15) is 18.1 Å². The Balaban J connectivity index is 1.49. The van der Waals surface area contributed by atoms with Crippen molar-refractivity contribution in [1.29, 1.82) is 0 Å². The molecule has 0 saturated carbocycles. The molecule has 136 valence electrons. The van der Waals surface area contributed by atoms with Gasteiger partial charge in [-0.15, -0.1) is 0 Å². The molecular formula is C19H19F2N3O2. The SMILES string of the molecule is O=C(CC(=O)N1CCN(c2ccc(F)cc2)CC1)Nc1ccccc1F. The molecule has 2 amide bonds. The third-order valence-electron chi connectivity index (χ3n) is 4.28. The van der Waals surface area contributed by atoms with Gasteiger partial charge in [0.2, 0.25) is 11.8 Å². The summed E-state index contributed by atoms with van der Waals surface area (Å²) < 4.78 is 26.5. The average Bonchev–Trinajstić information content (AvgIpc) is 2.64. The van der Waals surface area contributed by atoms with Crippen LogP contribution in [0, 0.1) is 11.6 Å². The Kier molecular flexibility index (Phi) is 5.46. The summed E-state index contributed by atoms with van der Waals surface area (Å²) in [5.41, 5.74) is 0.960. The maximum atomic E-state index is 13.5. The van der Waals surface area contributed by atoms with Crippen LogP contribution in [-0.4, -0.2) is 42.9 Å². The summed E-state index contributed by atoms with van der Waals surface area (Å²) in [7, 11) is 0. The van der Waals surface area contributed by atoms with Crippen LogP contribution in [0.1, 0.15) is 6.42 Å². The van der Waals surface area contributed by atoms with Crippen molar-refractivity contribution in [2.75, 3.05) is 36.4 Å². The summed E-state index contributed by atoms with van der Waals surface area (Å²) in [4.78, 5) is 27.9. The standard InChI is InChI=1S/C19H19F2N3O2/c20-14-5-7-15(8-6-14)23-9-11-24(12-10-23)19(26)13-18(25)22-17-4-2-1-3-16(17)21/h1-8H,9-13H2,(H,22,25). The van der Waals surface area contributed by atoms with Crippen LogP contribution in [0.5, 0.6) is 0 Å². The fraction of sp³-hybridized carbons (Fsp3) is 0.263. The first-order valence-corrected chi connectivity index (χ1v) is 8.35. The zero-order valence-corrected chi connectivity index (χ0v) is 14.1. The molecule has 1 heterocycles. The van der Waals surface area contributed by atoms with Crippen LogP contribution in [0.3, 0.4) is 0 Å². The van der Waals surface area contributed by atoms with Gasteiger partial charge in [0.15, 0.2) is 0 Å². The normalized spacial score (nSPS) is 14.2. The lowest BCUT2D eigenvalue weighted by atomic mass is 10.2. The highest BCUT2D eigenvalue weighted by atomic mass is 19.1. The van der Waals surface area contributed by atoms with E-state index >= 15 is 0 Å². The molecule has 2 aromatic carbocycles. The molecule has 2 aromatic rings. The van der Waals surface area contributed by atoms with E-state index in [-0.39, 0.29) is 23.8 Å². The molecule has 0 spiro atoms. The van der Waals surface area contributed by atoms with Gasteiger partial charge < -0.3 is 15.1 Å². The molecule has 1 fully saturated rings. The van der Waals surface area contributed by atoms with Gasteiger partial charge in [-0.05, 0) is 36.4 Å². The lowest BCUT2D eigenvalue weighted by molar-refractivity contribution is -0.134. The smallest absolute Gasteiger partial charge is 0.233 e. The van der Waals surface area contributed by atoms with Crippen molar-refractivity contribution in [3.05, 3.63) is 60.2 Å². The molecular weight excluding hydrogens is 340 g/mol. The Bertz CT molecular complexity index is 788. The van der Waals surface area contributed by atoms with Crippen molar-refractivity contribution in [2.24, 2.45) is 0 Å². The van der Waals surface area contributed by atoms with Crippen molar-refractivity contribution < 1.29 is 18.4 Å². The van der Waals surface area contributed by atoms with Crippen molar-refractivity contribution >= 4 is 23.2 Å². The van der Waals surface area contributed by atoms with E-state index in [0.29, 0.717) is 26.2 Å². The Morgan fingerprint density at radius 1 is 0.923 bits per heavy atom. The first kappa shape index (κ1) is 17.8. The monoisotopic (exact) mass is 359 g/mol. The number of nitrogens with zero attached hydrogens (tertiary/aromatic N) is 2. The van der Waals surface area contributed by atoms with E-state index in [1.54, 1.807) is 23.1 Å². The van der Waals surface area contributed by atoms with Gasteiger partial charge in [-0.1, -0.05) is 12.1 Å². The minimum absolute atomic E-state index is 0.0615. The molecule has 1 saturated heterocycles. The van der Waals surface area contributed by atoms with Gasteiger partial charge in [-0.25, -0.2) is 8.78 Å². The zero-order valence-electron chi connectivity index (χ0n) is 14.1. The Morgan fingerprint density at radius 2 is 1.58 bits per heavy atom. The molecule has 3 rings (SSSR count). The Labute approximate surface area is 150 Å². The van der Waals surface area contributed by atoms with E-state index < -0.39 is 11.7 Å². The highest BCUT2D eigenvalue weighted by Gasteiger charge is 2.23. The first-order valence-electron chi connectivity index (χ1n) is 8.35. The lowest BCUT2D eigenvalue weighted by Gasteiger charge is -2.36. The molecule has 26 heavy (non-hydrogen) atoms. The minimum atomic E-state index is -0.541. The molecule has 1 N–H and O–H groups in total. The molecule has 1 aliphatic heterocycles. The van der Waals surface area contributed by atoms with Crippen molar-refractivity contribution in [3.63, 3.8) is 0 Å². The number of para-hydroxylation sites is 1. The van der Waals surface area contributed by atoms with Gasteiger partial charge in [-0.2, -0.15) is 0 Å². The Morgan fingerprint density at radius 3 is 2.23 bits per heavy atom. The number of hydrogen-bond donors (Lipinski definition) is 1. The van der Waals surface area contributed by atoms with E-state index in [1.807, 2.05) is 0 Å². The third-order valence-corrected chi connectivity index (χ3v) is 4.28. The number of piperazine rings is 1. The molecule has 0 radical (unpaired) electrons. The van der Waals surface area contributed by atoms with E-state index in [9.17, 15) is 18.4 Å². The molecule has 0 aromatic heterocycles. The number of hydrogen-bond acceptors (Lipinski definition) is 3. The van der Waals surface area contributed by atoms with E-state index in [1.165, 1.54) is 30.3 Å². The number of carbonyl (C=O) groups is 2. The van der Waals surface area contributed by atoms with Crippen LogP contribution in [0.25, 0.3) is 0 Å². The number of halogens is 2. The molecule has 0 aliphatic carbocycles. The molecule has 0 bridgehead atoms. The highest BCUT2D eigenvalue weighted by molar-refractivity contribution is 6.03. The summed E-state index contributed by atoms with van der Waals surface area (Å²) in [6.07, 6.45) is -0.328. The number of amides is 2. The maximum absolute atomic E-state index is 13.5. The van der Waals surface area contributed by atoms with Crippen LogP contribution in [-0.2, 0) is 9.59 Å². The van der Waals surface area contributed by atoms with E-state index in [2.05, 4.69) is 10.2 Å². The number of rotatable bonds is 4. The van der Waals surface area contributed by atoms with E-state index in [0.717, 1.165) is 5.69 Å². The zero-order chi connectivity index (χ0) is 18.5. The summed E-state index contributed by atoms with van der Waals surface area (Å²) in [6.45, 7) is 2.16. The van der Waals surface area contributed by atoms with Crippen molar-refractivity contribution in [1.82, 2.24) is 4.90 Å². The second-order valence-corrected chi connectivity index (χ2v) is 6.05. The molecule has 5 nitrogen and oxygen atoms in total. The number of benzene rings is 2. The quantitative estimate of drug-likeness (QED) is 0.854. The molecule has 7 heteroatoms. The lowest BCUT2D eigenvalue weighted by Crippen LogP contribution is -2.49. The number of anilines is 2.